The molecule has 4 rings (SSSR count). The molecule has 1 aliphatic carbocycles. The van der Waals surface area contributed by atoms with E-state index in [4.69, 9.17) is 32.8 Å². The summed E-state index contributed by atoms with van der Waals surface area (Å²) in [5.74, 6) is 3.22. The number of rotatable bonds is 4. The second kappa shape index (κ2) is 11.9. The van der Waals surface area contributed by atoms with Crippen LogP contribution in [0.1, 0.15) is 11.1 Å². The van der Waals surface area contributed by atoms with Crippen LogP contribution in [0.3, 0.4) is 0 Å². The molecule has 8 nitrogen and oxygen atoms in total. The van der Waals surface area contributed by atoms with Crippen LogP contribution in [0.2, 0.25) is 0 Å². The van der Waals surface area contributed by atoms with E-state index in [1.807, 2.05) is 62.6 Å². The molecular weight excluding hydrogens is 486 g/mol. The highest BCUT2D eigenvalue weighted by Gasteiger charge is 2.18. The Balaban J connectivity index is 0.000000658. The highest BCUT2D eigenvalue weighted by Crippen LogP contribution is 2.35. The minimum atomic E-state index is -4.94. The molecule has 2 aromatic carbocycles. The lowest BCUT2D eigenvalue weighted by Crippen LogP contribution is -2.68. The smallest absolute Gasteiger partial charge is 0.199 e. The molecule has 0 radical (unpaired) electrons. The molecule has 2 aliphatic rings. The minimum absolute atomic E-state index is 0.794. The summed E-state index contributed by atoms with van der Waals surface area (Å²) in [6, 6.07) is 15.8. The van der Waals surface area contributed by atoms with Gasteiger partial charge in [0.2, 0.25) is 0 Å². The Bertz CT molecular complexity index is 1170. The van der Waals surface area contributed by atoms with Gasteiger partial charge >= 0.3 is 0 Å². The van der Waals surface area contributed by atoms with Crippen LogP contribution in [0.4, 0.5) is 0 Å². The molecule has 0 spiro atoms. The molecule has 0 aromatic heterocycles. The van der Waals surface area contributed by atoms with Crippen molar-refractivity contribution in [2.45, 2.75) is 0 Å². The highest BCUT2D eigenvalue weighted by molar-refractivity contribution is 6.02. The van der Waals surface area contributed by atoms with Crippen molar-refractivity contribution < 1.29 is 47.7 Å². The predicted molar refractivity (Wildman–Crippen MR) is 125 cm³/mol. The van der Waals surface area contributed by atoms with Crippen molar-refractivity contribution in [3.8, 4) is 11.5 Å². The van der Waals surface area contributed by atoms with Crippen molar-refractivity contribution in [2.75, 3.05) is 28.3 Å². The zero-order chi connectivity index (χ0) is 26.3. The normalized spacial score (nSPS) is 14.8. The van der Waals surface area contributed by atoms with Crippen LogP contribution >= 0.6 is 0 Å². The SMILES string of the molecule is COc1ccc(C2=CC(=C3C=CC(=[N+](C)C)C=C3)C=C(c3ccc(OC)cc3)O2)cc1.[O-][Cl+3]([O-])([O-])[O-]. The van der Waals surface area contributed by atoms with Gasteiger partial charge in [-0.1, -0.05) is 0 Å². The molecule has 1 aliphatic heterocycles. The lowest BCUT2D eigenvalue weighted by molar-refractivity contribution is -2.00. The number of benzene rings is 2. The summed E-state index contributed by atoms with van der Waals surface area (Å²) >= 11 is 0. The lowest BCUT2D eigenvalue weighted by Gasteiger charge is -2.20. The van der Waals surface area contributed by atoms with Crippen molar-refractivity contribution in [1.82, 2.24) is 0 Å². The van der Waals surface area contributed by atoms with E-state index in [9.17, 15) is 0 Å². The number of nitrogens with zero attached hydrogens (tertiary/aromatic N) is 1. The van der Waals surface area contributed by atoms with Crippen molar-refractivity contribution in [1.29, 1.82) is 0 Å². The van der Waals surface area contributed by atoms with Gasteiger partial charge in [-0.05, 0) is 84.0 Å². The fourth-order valence-electron chi connectivity index (χ4n) is 3.42. The fraction of sp³-hybridized carbons (Fsp3) is 0.148. The van der Waals surface area contributed by atoms with Gasteiger partial charge in [-0.15, -0.1) is 10.2 Å². The summed E-state index contributed by atoms with van der Waals surface area (Å²) in [6.07, 6.45) is 12.7. The second-order valence-corrected chi connectivity index (χ2v) is 8.61. The average Bonchev–Trinajstić information content (AvgIpc) is 2.87. The molecule has 0 amide bonds. The second-order valence-electron chi connectivity index (χ2n) is 7.85. The summed E-state index contributed by atoms with van der Waals surface area (Å²) in [6.45, 7) is 0. The van der Waals surface area contributed by atoms with Gasteiger partial charge in [0.15, 0.2) is 5.71 Å². The molecule has 0 saturated carbocycles. The lowest BCUT2D eigenvalue weighted by atomic mass is 9.97. The maximum Gasteiger partial charge on any atom is 0.199 e. The zero-order valence-electron chi connectivity index (χ0n) is 20.3. The maximum atomic E-state index is 8.49. The van der Waals surface area contributed by atoms with Gasteiger partial charge in [0, 0.05) is 23.3 Å². The Morgan fingerprint density at radius 3 is 1.36 bits per heavy atom. The van der Waals surface area contributed by atoms with Crippen LogP contribution in [0, 0.1) is 10.2 Å². The average molecular weight is 512 g/mol. The van der Waals surface area contributed by atoms with Crippen molar-refractivity contribution in [2.24, 2.45) is 0 Å². The van der Waals surface area contributed by atoms with E-state index in [1.54, 1.807) is 14.2 Å². The first-order valence-electron chi connectivity index (χ1n) is 10.7. The zero-order valence-corrected chi connectivity index (χ0v) is 21.0. The van der Waals surface area contributed by atoms with Crippen molar-refractivity contribution >= 4 is 17.2 Å². The summed E-state index contributed by atoms with van der Waals surface area (Å²) in [5.41, 5.74) is 5.36. The largest absolute Gasteiger partial charge is 0.497 e. The van der Waals surface area contributed by atoms with E-state index in [0.29, 0.717) is 0 Å². The summed E-state index contributed by atoms with van der Waals surface area (Å²) < 4.78 is 53.0. The first-order valence-corrected chi connectivity index (χ1v) is 12.0. The topological polar surface area (TPSA) is 123 Å². The number of ether oxygens (including phenoxy) is 3. The standard InChI is InChI=1S/C27H26NO3.ClHO4/c1-28(2)23-11-5-19(6-12-23)22-17-26(20-7-13-24(29-3)14-8-20)31-27(18-22)21-9-15-25(30-4)16-10-21;2-1(3,4)5/h5-18H,1-4H3;(H,2,3,4,5)/q+1;/p-1. The third kappa shape index (κ3) is 7.67. The van der Waals surface area contributed by atoms with E-state index >= 15 is 0 Å². The Morgan fingerprint density at radius 1 is 0.639 bits per heavy atom. The molecule has 36 heavy (non-hydrogen) atoms. The van der Waals surface area contributed by atoms with Crippen LogP contribution in [0.5, 0.6) is 11.5 Å². The maximum absolute atomic E-state index is 8.49. The first-order chi connectivity index (χ1) is 17.1. The minimum Gasteiger partial charge on any atom is -0.497 e. The van der Waals surface area contributed by atoms with E-state index in [0.717, 1.165) is 51.0 Å². The number of methoxy groups -OCH3 is 2. The molecule has 0 fully saturated rings. The Morgan fingerprint density at radius 2 is 1.03 bits per heavy atom. The van der Waals surface area contributed by atoms with Crippen molar-refractivity contribution in [3.63, 3.8) is 0 Å². The Hall–Kier alpha value is -3.66. The molecule has 2 aromatic rings. The van der Waals surface area contributed by atoms with Gasteiger partial charge in [0.05, 0.1) is 14.2 Å². The van der Waals surface area contributed by atoms with Crippen LogP contribution in [-0.2, 0) is 4.74 Å². The number of hydrogen-bond acceptors (Lipinski definition) is 7. The van der Waals surface area contributed by atoms with E-state index in [1.165, 1.54) is 0 Å². The molecule has 0 saturated heterocycles. The Labute approximate surface area is 212 Å². The highest BCUT2D eigenvalue weighted by atomic mass is 35.7. The van der Waals surface area contributed by atoms with Gasteiger partial charge in [-0.2, -0.15) is 0 Å². The summed E-state index contributed by atoms with van der Waals surface area (Å²) in [4.78, 5) is 0. The molecule has 0 atom stereocenters. The van der Waals surface area contributed by atoms with Crippen molar-refractivity contribution in [3.05, 3.63) is 107 Å². The van der Waals surface area contributed by atoms with E-state index in [2.05, 4.69) is 41.0 Å². The third-order valence-electron chi connectivity index (χ3n) is 5.26. The predicted octanol–water partition coefficient (Wildman–Crippen LogP) is 0.496. The van der Waals surface area contributed by atoms with Gasteiger partial charge < -0.3 is 14.2 Å². The monoisotopic (exact) mass is 511 g/mol. The first kappa shape index (κ1) is 26.9. The summed E-state index contributed by atoms with van der Waals surface area (Å²) in [5, 5.41) is 0. The molecule has 0 bridgehead atoms. The van der Waals surface area contributed by atoms with Gasteiger partial charge in [0.1, 0.15) is 37.1 Å². The number of halogens is 1. The molecule has 0 unspecified atom stereocenters. The third-order valence-corrected chi connectivity index (χ3v) is 5.26. The van der Waals surface area contributed by atoms with Gasteiger partial charge in [-0.3, -0.25) is 0 Å². The quantitative estimate of drug-likeness (QED) is 0.547. The van der Waals surface area contributed by atoms with E-state index in [-0.39, 0.29) is 0 Å². The van der Waals surface area contributed by atoms with Crippen LogP contribution in [-0.4, -0.2) is 38.6 Å². The van der Waals surface area contributed by atoms with Crippen LogP contribution in [0.15, 0.2) is 96.1 Å². The molecule has 0 N–H and O–H groups in total. The number of allylic oxidation sites excluding steroid dienone is 8. The molecular formula is C27H26ClNO7. The van der Waals surface area contributed by atoms with E-state index < -0.39 is 10.2 Å². The molecule has 188 valence electrons. The van der Waals surface area contributed by atoms with Gasteiger partial charge in [0.25, 0.3) is 0 Å². The van der Waals surface area contributed by atoms with Gasteiger partial charge in [-0.25, -0.2) is 23.2 Å². The van der Waals surface area contributed by atoms with Crippen LogP contribution < -0.4 is 28.1 Å². The molecule has 9 heteroatoms. The fourth-order valence-corrected chi connectivity index (χ4v) is 3.42. The Kier molecular flexibility index (Phi) is 8.87. The number of hydrogen-bond donors (Lipinski definition) is 0. The molecule has 1 heterocycles. The summed E-state index contributed by atoms with van der Waals surface area (Å²) in [7, 11) is 2.47. The van der Waals surface area contributed by atoms with Crippen LogP contribution in [0.25, 0.3) is 11.5 Å².